The molecule has 1 unspecified atom stereocenters. The molecule has 0 aliphatic heterocycles. The topological polar surface area (TPSA) is 51.8 Å². The largest absolute Gasteiger partial charge is 0.324 e. The molecule has 0 aliphatic carbocycles. The smallest absolute Gasteiger partial charge is 0.0949 e. The van der Waals surface area contributed by atoms with Gasteiger partial charge in [-0.3, -0.25) is 4.98 Å². The molecule has 0 saturated carbocycles. The number of fused-ring (bicyclic) bond motifs is 1. The number of hydrogen-bond acceptors (Lipinski definition) is 4. The number of benzene rings is 1. The quantitative estimate of drug-likeness (QED) is 0.799. The van der Waals surface area contributed by atoms with Crippen molar-refractivity contribution in [2.24, 2.45) is 5.73 Å². The Balaban J connectivity index is 1.94. The van der Waals surface area contributed by atoms with Crippen molar-refractivity contribution in [3.63, 3.8) is 0 Å². The Hall–Kier alpha value is -1.78. The van der Waals surface area contributed by atoms with Crippen LogP contribution in [-0.2, 0) is 6.42 Å². The average molecular weight is 283 g/mol. The fourth-order valence-corrected chi connectivity index (χ4v) is 3.36. The van der Waals surface area contributed by atoms with Gasteiger partial charge in [-0.05, 0) is 31.5 Å². The van der Waals surface area contributed by atoms with Gasteiger partial charge in [0.25, 0.3) is 0 Å². The molecule has 0 bridgehead atoms. The summed E-state index contributed by atoms with van der Waals surface area (Å²) in [5.74, 6) is 0. The van der Waals surface area contributed by atoms with Crippen LogP contribution >= 0.6 is 11.3 Å². The van der Waals surface area contributed by atoms with Crippen LogP contribution in [0.25, 0.3) is 10.9 Å². The number of thiazole rings is 1. The highest BCUT2D eigenvalue weighted by Gasteiger charge is 2.13. The maximum atomic E-state index is 6.39. The normalized spacial score (nSPS) is 12.8. The van der Waals surface area contributed by atoms with E-state index >= 15 is 0 Å². The summed E-state index contributed by atoms with van der Waals surface area (Å²) in [7, 11) is 0. The molecule has 2 heterocycles. The van der Waals surface area contributed by atoms with E-state index in [1.807, 2.05) is 37.4 Å². The van der Waals surface area contributed by atoms with Crippen molar-refractivity contribution in [1.29, 1.82) is 0 Å². The lowest BCUT2D eigenvalue weighted by Crippen LogP contribution is -2.14. The molecule has 0 aliphatic rings. The van der Waals surface area contributed by atoms with E-state index < -0.39 is 0 Å². The zero-order chi connectivity index (χ0) is 14.1. The van der Waals surface area contributed by atoms with Crippen LogP contribution in [-0.4, -0.2) is 9.97 Å². The summed E-state index contributed by atoms with van der Waals surface area (Å²) in [6.07, 6.45) is 2.60. The standard InChI is InChI=1S/C16H17N3S/c1-10-11(2)20-16(19-10)9-14(17)12-7-8-18-15-6-4-3-5-13(12)15/h3-8,14H,9,17H2,1-2H3. The van der Waals surface area contributed by atoms with Gasteiger partial charge in [0.15, 0.2) is 0 Å². The van der Waals surface area contributed by atoms with Gasteiger partial charge in [-0.2, -0.15) is 0 Å². The molecule has 1 aromatic carbocycles. The summed E-state index contributed by atoms with van der Waals surface area (Å²) < 4.78 is 0. The molecule has 0 spiro atoms. The molecule has 4 heteroatoms. The minimum absolute atomic E-state index is 0.0483. The predicted molar refractivity (Wildman–Crippen MR) is 84.0 cm³/mol. The van der Waals surface area contributed by atoms with Crippen molar-refractivity contribution >= 4 is 22.2 Å². The van der Waals surface area contributed by atoms with Crippen LogP contribution < -0.4 is 5.73 Å². The summed E-state index contributed by atoms with van der Waals surface area (Å²) in [6.45, 7) is 4.15. The van der Waals surface area contributed by atoms with Gasteiger partial charge in [0.05, 0.1) is 16.2 Å². The number of para-hydroxylation sites is 1. The van der Waals surface area contributed by atoms with Crippen LogP contribution in [0.1, 0.15) is 27.2 Å². The van der Waals surface area contributed by atoms with Crippen molar-refractivity contribution in [1.82, 2.24) is 9.97 Å². The molecule has 20 heavy (non-hydrogen) atoms. The van der Waals surface area contributed by atoms with Gasteiger partial charge < -0.3 is 5.73 Å². The second-order valence-corrected chi connectivity index (χ2v) is 6.26. The number of aryl methyl sites for hydroxylation is 2. The summed E-state index contributed by atoms with van der Waals surface area (Å²) in [5.41, 5.74) is 9.63. The lowest BCUT2D eigenvalue weighted by atomic mass is 10.0. The first-order valence-corrected chi connectivity index (χ1v) is 7.49. The Bertz CT molecular complexity index is 724. The van der Waals surface area contributed by atoms with Gasteiger partial charge in [-0.1, -0.05) is 18.2 Å². The van der Waals surface area contributed by atoms with Gasteiger partial charge >= 0.3 is 0 Å². The van der Waals surface area contributed by atoms with E-state index in [0.29, 0.717) is 0 Å². The maximum absolute atomic E-state index is 6.39. The molecule has 3 aromatic rings. The molecule has 0 saturated heterocycles. The van der Waals surface area contributed by atoms with Crippen molar-refractivity contribution in [3.8, 4) is 0 Å². The van der Waals surface area contributed by atoms with Crippen LogP contribution in [0, 0.1) is 13.8 Å². The Morgan fingerprint density at radius 3 is 2.75 bits per heavy atom. The molecule has 2 aromatic heterocycles. The Kier molecular flexibility index (Phi) is 3.51. The third kappa shape index (κ3) is 2.44. The molecule has 0 radical (unpaired) electrons. The average Bonchev–Trinajstić information content (AvgIpc) is 2.76. The molecule has 3 rings (SSSR count). The number of nitrogens with zero attached hydrogens (tertiary/aromatic N) is 2. The SMILES string of the molecule is Cc1nc(CC(N)c2ccnc3ccccc23)sc1C. The molecule has 2 N–H and O–H groups in total. The first kappa shape index (κ1) is 13.2. The summed E-state index contributed by atoms with van der Waals surface area (Å²) in [4.78, 5) is 10.2. The predicted octanol–water partition coefficient (Wildman–Crippen LogP) is 3.55. The first-order valence-electron chi connectivity index (χ1n) is 6.67. The van der Waals surface area contributed by atoms with E-state index in [4.69, 9.17) is 5.73 Å². The summed E-state index contributed by atoms with van der Waals surface area (Å²) in [5, 5.41) is 2.24. The van der Waals surface area contributed by atoms with E-state index in [1.165, 1.54) is 4.88 Å². The molecular weight excluding hydrogens is 266 g/mol. The fraction of sp³-hybridized carbons (Fsp3) is 0.250. The van der Waals surface area contributed by atoms with E-state index in [2.05, 4.69) is 23.0 Å². The first-order chi connectivity index (χ1) is 9.65. The van der Waals surface area contributed by atoms with Gasteiger partial charge in [0, 0.05) is 28.9 Å². The Labute approximate surface area is 122 Å². The van der Waals surface area contributed by atoms with Gasteiger partial charge in [-0.15, -0.1) is 11.3 Å². The highest BCUT2D eigenvalue weighted by atomic mass is 32.1. The summed E-state index contributed by atoms with van der Waals surface area (Å²) >= 11 is 1.74. The van der Waals surface area contributed by atoms with Crippen molar-refractivity contribution < 1.29 is 0 Å². The van der Waals surface area contributed by atoms with E-state index in [9.17, 15) is 0 Å². The molecule has 0 fully saturated rings. The molecular formula is C16H17N3S. The Morgan fingerprint density at radius 2 is 2.00 bits per heavy atom. The molecule has 1 atom stereocenters. The van der Waals surface area contributed by atoms with Crippen molar-refractivity contribution in [3.05, 3.63) is 57.7 Å². The number of hydrogen-bond donors (Lipinski definition) is 1. The minimum Gasteiger partial charge on any atom is -0.324 e. The van der Waals surface area contributed by atoms with Gasteiger partial charge in [0.2, 0.25) is 0 Å². The van der Waals surface area contributed by atoms with Gasteiger partial charge in [-0.25, -0.2) is 4.98 Å². The second-order valence-electron chi connectivity index (χ2n) is 4.98. The van der Waals surface area contributed by atoms with Crippen LogP contribution in [0.2, 0.25) is 0 Å². The molecule has 0 amide bonds. The van der Waals surface area contributed by atoms with Crippen LogP contribution in [0.3, 0.4) is 0 Å². The van der Waals surface area contributed by atoms with Crippen LogP contribution in [0.5, 0.6) is 0 Å². The minimum atomic E-state index is -0.0483. The number of rotatable bonds is 3. The number of nitrogens with two attached hydrogens (primary N) is 1. The zero-order valence-corrected chi connectivity index (χ0v) is 12.4. The number of pyridine rings is 1. The third-order valence-electron chi connectivity index (χ3n) is 3.55. The van der Waals surface area contributed by atoms with E-state index in [-0.39, 0.29) is 6.04 Å². The van der Waals surface area contributed by atoms with E-state index in [0.717, 1.165) is 33.6 Å². The number of aromatic nitrogens is 2. The lowest BCUT2D eigenvalue weighted by Gasteiger charge is -2.13. The van der Waals surface area contributed by atoms with Crippen molar-refractivity contribution in [2.75, 3.05) is 0 Å². The monoisotopic (exact) mass is 283 g/mol. The fourth-order valence-electron chi connectivity index (χ4n) is 2.37. The highest BCUT2D eigenvalue weighted by molar-refractivity contribution is 7.11. The second kappa shape index (κ2) is 5.31. The third-order valence-corrected chi connectivity index (χ3v) is 4.64. The Morgan fingerprint density at radius 1 is 1.20 bits per heavy atom. The van der Waals surface area contributed by atoms with Crippen LogP contribution in [0.15, 0.2) is 36.5 Å². The van der Waals surface area contributed by atoms with E-state index in [1.54, 1.807) is 11.3 Å². The summed E-state index contributed by atoms with van der Waals surface area (Å²) in [6, 6.07) is 10.1. The highest BCUT2D eigenvalue weighted by Crippen LogP contribution is 2.26. The molecule has 3 nitrogen and oxygen atoms in total. The molecule has 102 valence electrons. The van der Waals surface area contributed by atoms with Crippen molar-refractivity contribution in [2.45, 2.75) is 26.3 Å². The zero-order valence-electron chi connectivity index (χ0n) is 11.6. The lowest BCUT2D eigenvalue weighted by molar-refractivity contribution is 0.722. The maximum Gasteiger partial charge on any atom is 0.0949 e. The van der Waals surface area contributed by atoms with Crippen LogP contribution in [0.4, 0.5) is 0 Å². The van der Waals surface area contributed by atoms with Gasteiger partial charge in [0.1, 0.15) is 0 Å².